The summed E-state index contributed by atoms with van der Waals surface area (Å²) >= 11 is 1.58. The Bertz CT molecular complexity index is 397. The minimum atomic E-state index is 0.694. The lowest BCUT2D eigenvalue weighted by molar-refractivity contribution is 0.340. The normalized spacial score (nSPS) is 9.93. The first-order chi connectivity index (χ1) is 7.38. The molecule has 0 saturated heterocycles. The standard InChI is InChI=1S/C11H12N2OS/c1-2-14-10-5-3-9(4-6-10)13-11-12-7-8-15-11/h3-8H,2H2,1H3,(H,12,13). The van der Waals surface area contributed by atoms with E-state index in [2.05, 4.69) is 10.3 Å². The molecule has 0 radical (unpaired) electrons. The zero-order chi connectivity index (χ0) is 10.5. The summed E-state index contributed by atoms with van der Waals surface area (Å²) in [6.45, 7) is 2.67. The second kappa shape index (κ2) is 4.79. The van der Waals surface area contributed by atoms with E-state index in [0.717, 1.165) is 16.6 Å². The number of benzene rings is 1. The van der Waals surface area contributed by atoms with Crippen LogP contribution in [0.15, 0.2) is 35.8 Å². The number of rotatable bonds is 4. The van der Waals surface area contributed by atoms with Crippen molar-refractivity contribution in [2.75, 3.05) is 11.9 Å². The third-order valence-corrected chi connectivity index (χ3v) is 2.54. The van der Waals surface area contributed by atoms with E-state index < -0.39 is 0 Å². The summed E-state index contributed by atoms with van der Waals surface area (Å²) in [6.07, 6.45) is 1.78. The summed E-state index contributed by atoms with van der Waals surface area (Å²) < 4.78 is 5.36. The van der Waals surface area contributed by atoms with Crippen molar-refractivity contribution in [3.8, 4) is 5.75 Å². The number of nitrogens with zero attached hydrogens (tertiary/aromatic N) is 1. The van der Waals surface area contributed by atoms with Crippen molar-refractivity contribution >= 4 is 22.2 Å². The molecule has 0 bridgehead atoms. The van der Waals surface area contributed by atoms with Crippen LogP contribution in [0.2, 0.25) is 0 Å². The van der Waals surface area contributed by atoms with Crippen molar-refractivity contribution in [3.05, 3.63) is 35.8 Å². The van der Waals surface area contributed by atoms with E-state index in [1.165, 1.54) is 0 Å². The smallest absolute Gasteiger partial charge is 0.187 e. The number of aromatic nitrogens is 1. The van der Waals surface area contributed by atoms with Gasteiger partial charge in [0.05, 0.1) is 6.61 Å². The summed E-state index contributed by atoms with van der Waals surface area (Å²) in [7, 11) is 0. The Morgan fingerprint density at radius 3 is 2.73 bits per heavy atom. The minimum absolute atomic E-state index is 0.694. The van der Waals surface area contributed by atoms with Crippen LogP contribution in [0.5, 0.6) is 5.75 Å². The minimum Gasteiger partial charge on any atom is -0.494 e. The van der Waals surface area contributed by atoms with E-state index >= 15 is 0 Å². The van der Waals surface area contributed by atoms with Crippen molar-refractivity contribution < 1.29 is 4.74 Å². The maximum Gasteiger partial charge on any atom is 0.187 e. The molecular weight excluding hydrogens is 208 g/mol. The Kier molecular flexibility index (Phi) is 3.19. The van der Waals surface area contributed by atoms with Crippen LogP contribution in [-0.4, -0.2) is 11.6 Å². The lowest BCUT2D eigenvalue weighted by Crippen LogP contribution is -1.92. The van der Waals surface area contributed by atoms with Gasteiger partial charge in [-0.3, -0.25) is 0 Å². The van der Waals surface area contributed by atoms with Crippen molar-refractivity contribution in [2.45, 2.75) is 6.92 Å². The first-order valence-corrected chi connectivity index (χ1v) is 5.66. The third-order valence-electron chi connectivity index (χ3n) is 1.85. The quantitative estimate of drug-likeness (QED) is 0.858. The Morgan fingerprint density at radius 1 is 1.33 bits per heavy atom. The zero-order valence-corrected chi connectivity index (χ0v) is 9.25. The number of thiazole rings is 1. The fourth-order valence-corrected chi connectivity index (χ4v) is 1.76. The van der Waals surface area contributed by atoms with Gasteiger partial charge in [-0.2, -0.15) is 0 Å². The molecule has 3 nitrogen and oxygen atoms in total. The van der Waals surface area contributed by atoms with Crippen LogP contribution in [0.25, 0.3) is 0 Å². The highest BCUT2D eigenvalue weighted by molar-refractivity contribution is 7.13. The van der Waals surface area contributed by atoms with Gasteiger partial charge < -0.3 is 10.1 Å². The van der Waals surface area contributed by atoms with Gasteiger partial charge in [0, 0.05) is 17.3 Å². The Labute approximate surface area is 92.7 Å². The highest BCUT2D eigenvalue weighted by atomic mass is 32.1. The van der Waals surface area contributed by atoms with Gasteiger partial charge in [0.1, 0.15) is 5.75 Å². The van der Waals surface area contributed by atoms with Crippen LogP contribution in [0.4, 0.5) is 10.8 Å². The first kappa shape index (κ1) is 9.98. The molecule has 0 fully saturated rings. The maximum absolute atomic E-state index is 5.36. The van der Waals surface area contributed by atoms with E-state index in [1.54, 1.807) is 17.5 Å². The zero-order valence-electron chi connectivity index (χ0n) is 8.43. The predicted octanol–water partition coefficient (Wildman–Crippen LogP) is 3.29. The highest BCUT2D eigenvalue weighted by Crippen LogP contribution is 2.21. The molecule has 0 atom stereocenters. The van der Waals surface area contributed by atoms with E-state index in [-0.39, 0.29) is 0 Å². The van der Waals surface area contributed by atoms with E-state index in [1.807, 2.05) is 36.6 Å². The Morgan fingerprint density at radius 2 is 2.13 bits per heavy atom. The van der Waals surface area contributed by atoms with Crippen molar-refractivity contribution in [1.82, 2.24) is 4.98 Å². The summed E-state index contributed by atoms with van der Waals surface area (Å²) in [5.41, 5.74) is 1.02. The molecule has 1 aromatic carbocycles. The molecular formula is C11H12N2OS. The van der Waals surface area contributed by atoms with E-state index in [4.69, 9.17) is 4.74 Å². The molecule has 0 aliphatic heterocycles. The highest BCUT2D eigenvalue weighted by Gasteiger charge is 1.97. The van der Waals surface area contributed by atoms with Crippen molar-refractivity contribution in [1.29, 1.82) is 0 Å². The topological polar surface area (TPSA) is 34.1 Å². The second-order valence-electron chi connectivity index (χ2n) is 2.92. The van der Waals surface area contributed by atoms with Crippen LogP contribution < -0.4 is 10.1 Å². The van der Waals surface area contributed by atoms with Crippen LogP contribution in [0.1, 0.15) is 6.92 Å². The summed E-state index contributed by atoms with van der Waals surface area (Å²) in [5.74, 6) is 0.891. The molecule has 1 aromatic heterocycles. The Balaban J connectivity index is 2.04. The number of ether oxygens (including phenoxy) is 1. The van der Waals surface area contributed by atoms with Gasteiger partial charge >= 0.3 is 0 Å². The average molecular weight is 220 g/mol. The predicted molar refractivity (Wildman–Crippen MR) is 63.0 cm³/mol. The largest absolute Gasteiger partial charge is 0.494 e. The molecule has 2 rings (SSSR count). The van der Waals surface area contributed by atoms with Gasteiger partial charge in [0.25, 0.3) is 0 Å². The molecule has 0 aliphatic rings. The summed E-state index contributed by atoms with van der Waals surface area (Å²) in [6, 6.07) is 7.84. The monoisotopic (exact) mass is 220 g/mol. The molecule has 0 unspecified atom stereocenters. The lowest BCUT2D eigenvalue weighted by atomic mass is 10.3. The van der Waals surface area contributed by atoms with Crippen LogP contribution in [0, 0.1) is 0 Å². The number of anilines is 2. The lowest BCUT2D eigenvalue weighted by Gasteiger charge is -2.05. The number of hydrogen-bond acceptors (Lipinski definition) is 4. The first-order valence-electron chi connectivity index (χ1n) is 4.78. The molecule has 0 spiro atoms. The fraction of sp³-hybridized carbons (Fsp3) is 0.182. The maximum atomic E-state index is 5.36. The number of hydrogen-bond donors (Lipinski definition) is 1. The molecule has 2 aromatic rings. The van der Waals surface area contributed by atoms with Crippen LogP contribution in [-0.2, 0) is 0 Å². The molecule has 0 saturated carbocycles. The van der Waals surface area contributed by atoms with Gasteiger partial charge in [0.2, 0.25) is 0 Å². The van der Waals surface area contributed by atoms with E-state index in [9.17, 15) is 0 Å². The summed E-state index contributed by atoms with van der Waals surface area (Å²) in [4.78, 5) is 4.15. The number of nitrogens with one attached hydrogen (secondary N) is 1. The molecule has 1 N–H and O–H groups in total. The van der Waals surface area contributed by atoms with Crippen molar-refractivity contribution in [2.24, 2.45) is 0 Å². The molecule has 0 aliphatic carbocycles. The molecule has 1 heterocycles. The van der Waals surface area contributed by atoms with Gasteiger partial charge in [-0.05, 0) is 31.2 Å². The van der Waals surface area contributed by atoms with Gasteiger partial charge in [-0.1, -0.05) is 0 Å². The SMILES string of the molecule is CCOc1ccc(Nc2nccs2)cc1. The van der Waals surface area contributed by atoms with Gasteiger partial charge in [0.15, 0.2) is 5.13 Å². The third kappa shape index (κ3) is 2.70. The van der Waals surface area contributed by atoms with Crippen molar-refractivity contribution in [3.63, 3.8) is 0 Å². The van der Waals surface area contributed by atoms with Gasteiger partial charge in [-0.15, -0.1) is 11.3 Å². The van der Waals surface area contributed by atoms with Crippen LogP contribution in [0.3, 0.4) is 0 Å². The van der Waals surface area contributed by atoms with Crippen LogP contribution >= 0.6 is 11.3 Å². The Hall–Kier alpha value is -1.55. The summed E-state index contributed by atoms with van der Waals surface area (Å²) in [5, 5.41) is 6.05. The molecule has 78 valence electrons. The average Bonchev–Trinajstić information content (AvgIpc) is 2.74. The van der Waals surface area contributed by atoms with Gasteiger partial charge in [-0.25, -0.2) is 4.98 Å². The van der Waals surface area contributed by atoms with E-state index in [0.29, 0.717) is 6.61 Å². The second-order valence-corrected chi connectivity index (χ2v) is 3.81. The molecule has 0 amide bonds. The fourth-order valence-electron chi connectivity index (χ4n) is 1.21. The molecule has 15 heavy (non-hydrogen) atoms. The molecule has 4 heteroatoms.